The molecule has 178 valence electrons. The fraction of sp³-hybridized carbons (Fsp3) is 0.357. The summed E-state index contributed by atoms with van der Waals surface area (Å²) in [7, 11) is 3.19. The van der Waals surface area contributed by atoms with Gasteiger partial charge in [-0.05, 0) is 53.9 Å². The molecule has 0 spiro atoms. The number of carbonyl (C=O) groups excluding carboxylic acids is 1. The normalized spacial score (nSPS) is 15.7. The number of nitrogens with zero attached hydrogens (tertiary/aromatic N) is 1. The van der Waals surface area contributed by atoms with Crippen molar-refractivity contribution >= 4 is 34.1 Å². The van der Waals surface area contributed by atoms with Crippen LogP contribution in [0.2, 0.25) is 0 Å². The van der Waals surface area contributed by atoms with Crippen molar-refractivity contribution in [2.75, 3.05) is 19.5 Å². The maximum Gasteiger partial charge on any atom is 0.259 e. The first-order valence-corrected chi connectivity index (χ1v) is 12.4. The Kier molecular flexibility index (Phi) is 7.08. The second kappa shape index (κ2) is 10.0. The van der Waals surface area contributed by atoms with Crippen LogP contribution in [0.5, 0.6) is 11.5 Å². The number of methoxy groups -OCH3 is 2. The predicted octanol–water partition coefficient (Wildman–Crippen LogP) is 6.92. The number of nitrogens with one attached hydrogen (secondary N) is 1. The van der Waals surface area contributed by atoms with E-state index in [0.29, 0.717) is 28.7 Å². The molecule has 0 saturated carbocycles. The monoisotopic (exact) mass is 476 g/mol. The number of aliphatic imine (C=N–C) groups is 1. The molecule has 0 aliphatic heterocycles. The Balaban J connectivity index is 1.71. The van der Waals surface area contributed by atoms with E-state index in [-0.39, 0.29) is 11.3 Å². The first-order chi connectivity index (χ1) is 16.3. The fourth-order valence-electron chi connectivity index (χ4n) is 4.39. The molecule has 0 bridgehead atoms. The fourth-order valence-corrected chi connectivity index (χ4v) is 5.66. The van der Waals surface area contributed by atoms with Crippen LogP contribution >= 0.6 is 11.3 Å². The lowest BCUT2D eigenvalue weighted by Gasteiger charge is -2.33. The summed E-state index contributed by atoms with van der Waals surface area (Å²) < 4.78 is 10.8. The van der Waals surface area contributed by atoms with E-state index in [9.17, 15) is 4.79 Å². The van der Waals surface area contributed by atoms with E-state index in [1.54, 1.807) is 37.7 Å². The second-order valence-electron chi connectivity index (χ2n) is 9.68. The van der Waals surface area contributed by atoms with Crippen LogP contribution in [0.25, 0.3) is 0 Å². The molecule has 0 saturated heterocycles. The molecule has 0 radical (unpaired) electrons. The van der Waals surface area contributed by atoms with Crippen LogP contribution < -0.4 is 14.8 Å². The lowest BCUT2D eigenvalue weighted by molar-refractivity contribution is 0.102. The van der Waals surface area contributed by atoms with E-state index in [1.807, 2.05) is 42.6 Å². The van der Waals surface area contributed by atoms with Gasteiger partial charge in [-0.25, -0.2) is 4.99 Å². The SMILES string of the molecule is COc1ccc(NC(=O)c2c(N=Cc3ccccc3)sc3c2CC[C@@H](C(C)(C)C)C3)c(OC)c1. The molecular weight excluding hydrogens is 444 g/mol. The summed E-state index contributed by atoms with van der Waals surface area (Å²) in [6.45, 7) is 6.90. The van der Waals surface area contributed by atoms with Crippen molar-refractivity contribution < 1.29 is 14.3 Å². The molecule has 1 atom stereocenters. The summed E-state index contributed by atoms with van der Waals surface area (Å²) in [5.41, 5.74) is 3.65. The van der Waals surface area contributed by atoms with Crippen molar-refractivity contribution in [3.63, 3.8) is 0 Å². The van der Waals surface area contributed by atoms with Crippen molar-refractivity contribution in [1.29, 1.82) is 0 Å². The average Bonchev–Trinajstić information content (AvgIpc) is 3.21. The third-order valence-corrected chi connectivity index (χ3v) is 7.65. The first kappa shape index (κ1) is 24.0. The van der Waals surface area contributed by atoms with Gasteiger partial charge in [0.15, 0.2) is 0 Å². The molecule has 1 heterocycles. The summed E-state index contributed by atoms with van der Waals surface area (Å²) in [6, 6.07) is 15.3. The lowest BCUT2D eigenvalue weighted by atomic mass is 9.72. The third-order valence-electron chi connectivity index (χ3n) is 6.49. The zero-order valence-electron chi connectivity index (χ0n) is 20.5. The summed E-state index contributed by atoms with van der Waals surface area (Å²) in [6.07, 6.45) is 4.78. The molecule has 34 heavy (non-hydrogen) atoms. The third kappa shape index (κ3) is 5.17. The van der Waals surface area contributed by atoms with Crippen LogP contribution in [0.1, 0.15) is 53.6 Å². The van der Waals surface area contributed by atoms with E-state index in [2.05, 4.69) is 26.1 Å². The molecule has 1 aliphatic rings. The zero-order chi connectivity index (χ0) is 24.3. The molecule has 3 aromatic rings. The Morgan fingerprint density at radius 2 is 1.88 bits per heavy atom. The summed E-state index contributed by atoms with van der Waals surface area (Å²) >= 11 is 1.65. The highest BCUT2D eigenvalue weighted by molar-refractivity contribution is 7.16. The average molecular weight is 477 g/mol. The van der Waals surface area contributed by atoms with Crippen molar-refractivity contribution in [1.82, 2.24) is 0 Å². The summed E-state index contributed by atoms with van der Waals surface area (Å²) in [5.74, 6) is 1.65. The number of benzene rings is 2. The Bertz CT molecular complexity index is 1190. The summed E-state index contributed by atoms with van der Waals surface area (Å²) in [4.78, 5) is 19.7. The van der Waals surface area contributed by atoms with E-state index >= 15 is 0 Å². The summed E-state index contributed by atoms with van der Waals surface area (Å²) in [5, 5.41) is 3.82. The van der Waals surface area contributed by atoms with E-state index in [1.165, 1.54) is 4.88 Å². The van der Waals surface area contributed by atoms with E-state index < -0.39 is 0 Å². The van der Waals surface area contributed by atoms with Crippen molar-refractivity contribution in [3.05, 3.63) is 70.1 Å². The Morgan fingerprint density at radius 3 is 2.56 bits per heavy atom. The van der Waals surface area contributed by atoms with Crippen molar-refractivity contribution in [2.24, 2.45) is 16.3 Å². The van der Waals surface area contributed by atoms with Gasteiger partial charge in [-0.3, -0.25) is 4.79 Å². The first-order valence-electron chi connectivity index (χ1n) is 11.6. The maximum atomic E-state index is 13.6. The molecule has 6 heteroatoms. The van der Waals surface area contributed by atoms with E-state index in [0.717, 1.165) is 35.4 Å². The number of hydrogen-bond donors (Lipinski definition) is 1. The smallest absolute Gasteiger partial charge is 0.259 e. The molecule has 1 aromatic heterocycles. The van der Waals surface area contributed by atoms with Crippen LogP contribution in [0.4, 0.5) is 10.7 Å². The number of ether oxygens (including phenoxy) is 2. The largest absolute Gasteiger partial charge is 0.497 e. The molecule has 1 aliphatic carbocycles. The van der Waals surface area contributed by atoms with E-state index in [4.69, 9.17) is 14.5 Å². The molecule has 0 unspecified atom stereocenters. The van der Waals surface area contributed by atoms with Crippen LogP contribution in [-0.4, -0.2) is 26.3 Å². The van der Waals surface area contributed by atoms with Gasteiger partial charge in [0, 0.05) is 17.2 Å². The second-order valence-corrected chi connectivity index (χ2v) is 10.8. The Hall–Kier alpha value is -3.12. The topological polar surface area (TPSA) is 59.9 Å². The molecule has 1 amide bonds. The number of rotatable bonds is 6. The van der Waals surface area contributed by atoms with Gasteiger partial charge in [0.05, 0.1) is 25.5 Å². The molecule has 2 aromatic carbocycles. The van der Waals surface area contributed by atoms with Gasteiger partial charge in [0.25, 0.3) is 5.91 Å². The van der Waals surface area contributed by atoms with Crippen LogP contribution in [-0.2, 0) is 12.8 Å². The number of amides is 1. The number of anilines is 1. The quantitative estimate of drug-likeness (QED) is 0.393. The van der Waals surface area contributed by atoms with Crippen LogP contribution in [0.15, 0.2) is 53.5 Å². The molecule has 0 fully saturated rings. The van der Waals surface area contributed by atoms with Gasteiger partial charge in [-0.1, -0.05) is 51.1 Å². The number of fused-ring (bicyclic) bond motifs is 1. The van der Waals surface area contributed by atoms with Gasteiger partial charge in [0.1, 0.15) is 16.5 Å². The Labute approximate surface area is 205 Å². The highest BCUT2D eigenvalue weighted by Crippen LogP contribution is 2.45. The predicted molar refractivity (Wildman–Crippen MR) is 140 cm³/mol. The van der Waals surface area contributed by atoms with Crippen molar-refractivity contribution in [3.8, 4) is 11.5 Å². The van der Waals surface area contributed by atoms with Gasteiger partial charge >= 0.3 is 0 Å². The van der Waals surface area contributed by atoms with Gasteiger partial charge in [-0.15, -0.1) is 11.3 Å². The molecular formula is C28H32N2O3S. The minimum atomic E-state index is -0.157. The van der Waals surface area contributed by atoms with Gasteiger partial charge in [-0.2, -0.15) is 0 Å². The highest BCUT2D eigenvalue weighted by Gasteiger charge is 2.33. The highest BCUT2D eigenvalue weighted by atomic mass is 32.1. The van der Waals surface area contributed by atoms with Crippen LogP contribution in [0, 0.1) is 11.3 Å². The number of carbonyl (C=O) groups is 1. The molecule has 1 N–H and O–H groups in total. The number of hydrogen-bond acceptors (Lipinski definition) is 5. The zero-order valence-corrected chi connectivity index (χ0v) is 21.3. The minimum Gasteiger partial charge on any atom is -0.497 e. The molecule has 5 nitrogen and oxygen atoms in total. The maximum absolute atomic E-state index is 13.6. The lowest BCUT2D eigenvalue weighted by Crippen LogP contribution is -2.27. The molecule has 4 rings (SSSR count). The van der Waals surface area contributed by atoms with Gasteiger partial charge in [0.2, 0.25) is 0 Å². The number of thiophene rings is 1. The minimum absolute atomic E-state index is 0.157. The van der Waals surface area contributed by atoms with Crippen molar-refractivity contribution in [2.45, 2.75) is 40.0 Å². The Morgan fingerprint density at radius 1 is 1.12 bits per heavy atom. The standard InChI is InChI=1S/C28H32N2O3S/c1-28(2,3)19-11-13-21-24(15-19)34-27(29-17-18-9-7-6-8-10-18)25(21)26(31)30-22-14-12-20(32-4)16-23(22)33-5/h6-10,12,14,16-17,19H,11,13,15H2,1-5H3,(H,30,31)/t19-/m1/s1. The van der Waals surface area contributed by atoms with Crippen LogP contribution in [0.3, 0.4) is 0 Å². The van der Waals surface area contributed by atoms with Gasteiger partial charge < -0.3 is 14.8 Å².